The number of fused-ring (bicyclic) bond motifs is 1. The van der Waals surface area contributed by atoms with Crippen LogP contribution >= 0.6 is 15.9 Å². The standard InChI is InChI=1S/C24H22BrNO5/c1-13-7-9-18(30-13)21-20(23(28)24(29)26(21)16-5-3-2-4-6-16)22(27)19-12-14-11-15(25)8-10-17(14)31-19/h7-12,16,21,28H,2-6H2,1H3. The van der Waals surface area contributed by atoms with Crippen molar-refractivity contribution in [2.75, 3.05) is 0 Å². The Hall–Kier alpha value is -2.80. The first-order valence-electron chi connectivity index (χ1n) is 10.5. The Morgan fingerprint density at radius 2 is 1.87 bits per heavy atom. The Morgan fingerprint density at radius 1 is 1.10 bits per heavy atom. The van der Waals surface area contributed by atoms with E-state index in [1.165, 1.54) is 0 Å². The van der Waals surface area contributed by atoms with Crippen LogP contribution in [0.3, 0.4) is 0 Å². The first kappa shape index (κ1) is 20.1. The van der Waals surface area contributed by atoms with Crippen molar-refractivity contribution in [3.05, 3.63) is 69.5 Å². The van der Waals surface area contributed by atoms with Crippen LogP contribution in [0.4, 0.5) is 0 Å². The van der Waals surface area contributed by atoms with E-state index < -0.39 is 23.5 Å². The zero-order valence-electron chi connectivity index (χ0n) is 17.1. The van der Waals surface area contributed by atoms with Crippen LogP contribution in [0.25, 0.3) is 11.0 Å². The minimum absolute atomic E-state index is 0.0167. The molecule has 0 radical (unpaired) electrons. The largest absolute Gasteiger partial charge is 0.503 e. The fraction of sp³-hybridized carbons (Fsp3) is 0.333. The van der Waals surface area contributed by atoms with Crippen LogP contribution in [-0.2, 0) is 4.79 Å². The van der Waals surface area contributed by atoms with Crippen molar-refractivity contribution < 1.29 is 23.5 Å². The summed E-state index contributed by atoms with van der Waals surface area (Å²) in [4.78, 5) is 28.3. The third kappa shape index (κ3) is 3.41. The molecule has 1 atom stereocenters. The lowest BCUT2D eigenvalue weighted by molar-refractivity contribution is -0.132. The molecule has 5 rings (SSSR count). The van der Waals surface area contributed by atoms with Crippen LogP contribution < -0.4 is 0 Å². The number of carbonyl (C=O) groups excluding carboxylic acids is 2. The number of benzene rings is 1. The number of aliphatic hydroxyl groups excluding tert-OH is 1. The molecular weight excluding hydrogens is 462 g/mol. The maximum absolute atomic E-state index is 13.5. The Morgan fingerprint density at radius 3 is 2.58 bits per heavy atom. The van der Waals surface area contributed by atoms with Crippen LogP contribution in [-0.4, -0.2) is 27.7 Å². The van der Waals surface area contributed by atoms with E-state index in [4.69, 9.17) is 8.83 Å². The van der Waals surface area contributed by atoms with E-state index in [1.807, 2.05) is 19.1 Å². The van der Waals surface area contributed by atoms with Gasteiger partial charge in [-0.05, 0) is 56.2 Å². The maximum atomic E-state index is 13.5. The second kappa shape index (κ2) is 7.71. The first-order chi connectivity index (χ1) is 14.9. The van der Waals surface area contributed by atoms with Crippen molar-refractivity contribution in [1.82, 2.24) is 4.90 Å². The minimum atomic E-state index is -0.767. The maximum Gasteiger partial charge on any atom is 0.290 e. The molecule has 0 saturated heterocycles. The highest BCUT2D eigenvalue weighted by atomic mass is 79.9. The lowest BCUT2D eigenvalue weighted by Gasteiger charge is -2.35. The van der Waals surface area contributed by atoms with Gasteiger partial charge in [-0.1, -0.05) is 35.2 Å². The number of halogens is 1. The predicted molar refractivity (Wildman–Crippen MR) is 118 cm³/mol. The summed E-state index contributed by atoms with van der Waals surface area (Å²) >= 11 is 3.42. The zero-order chi connectivity index (χ0) is 21.7. The van der Waals surface area contributed by atoms with Gasteiger partial charge >= 0.3 is 0 Å². The van der Waals surface area contributed by atoms with Gasteiger partial charge < -0.3 is 18.8 Å². The lowest BCUT2D eigenvalue weighted by Crippen LogP contribution is -2.41. The van der Waals surface area contributed by atoms with Crippen LogP contribution in [0.15, 0.2) is 61.0 Å². The number of Topliss-reactive ketones (excluding diaryl/α,β-unsaturated/α-hetero) is 1. The number of ketones is 1. The third-order valence-electron chi connectivity index (χ3n) is 6.19. The van der Waals surface area contributed by atoms with E-state index >= 15 is 0 Å². The van der Waals surface area contributed by atoms with Crippen LogP contribution in [0.1, 0.15) is 60.2 Å². The number of carbonyl (C=O) groups is 2. The van der Waals surface area contributed by atoms with Crippen molar-refractivity contribution >= 4 is 38.6 Å². The molecular formula is C24H22BrNO5. The number of nitrogens with zero attached hydrogens (tertiary/aromatic N) is 1. The molecule has 1 aliphatic heterocycles. The van der Waals surface area contributed by atoms with E-state index in [9.17, 15) is 14.7 Å². The van der Waals surface area contributed by atoms with Gasteiger partial charge in [-0.25, -0.2) is 0 Å². The molecule has 3 aromatic rings. The molecule has 1 unspecified atom stereocenters. The van der Waals surface area contributed by atoms with Gasteiger partial charge in [0.1, 0.15) is 23.1 Å². The van der Waals surface area contributed by atoms with E-state index in [2.05, 4.69) is 15.9 Å². The summed E-state index contributed by atoms with van der Waals surface area (Å²) < 4.78 is 12.5. The van der Waals surface area contributed by atoms with Gasteiger partial charge in [0.15, 0.2) is 11.5 Å². The van der Waals surface area contributed by atoms with E-state index in [0.717, 1.165) is 42.0 Å². The molecule has 31 heavy (non-hydrogen) atoms. The Labute approximate surface area is 187 Å². The average molecular weight is 484 g/mol. The molecule has 1 aliphatic carbocycles. The van der Waals surface area contributed by atoms with Crippen molar-refractivity contribution in [2.24, 2.45) is 0 Å². The molecule has 1 aromatic carbocycles. The van der Waals surface area contributed by atoms with Crippen LogP contribution in [0, 0.1) is 6.92 Å². The van der Waals surface area contributed by atoms with Gasteiger partial charge in [-0.2, -0.15) is 0 Å². The number of aryl methyl sites for hydroxylation is 1. The Balaban J connectivity index is 1.60. The minimum Gasteiger partial charge on any atom is -0.503 e. The predicted octanol–water partition coefficient (Wildman–Crippen LogP) is 6.01. The van der Waals surface area contributed by atoms with Crippen molar-refractivity contribution in [1.29, 1.82) is 0 Å². The summed E-state index contributed by atoms with van der Waals surface area (Å²) in [6.07, 6.45) is 4.84. The lowest BCUT2D eigenvalue weighted by atomic mass is 9.92. The highest BCUT2D eigenvalue weighted by molar-refractivity contribution is 9.10. The molecule has 1 amide bonds. The van der Waals surface area contributed by atoms with E-state index in [1.54, 1.807) is 29.2 Å². The topological polar surface area (TPSA) is 83.9 Å². The number of amides is 1. The van der Waals surface area contributed by atoms with Gasteiger partial charge in [0.25, 0.3) is 5.91 Å². The monoisotopic (exact) mass is 483 g/mol. The van der Waals surface area contributed by atoms with Gasteiger partial charge in [0, 0.05) is 15.9 Å². The van der Waals surface area contributed by atoms with Gasteiger partial charge in [0.2, 0.25) is 5.78 Å². The van der Waals surface area contributed by atoms with Gasteiger partial charge in [-0.15, -0.1) is 0 Å². The Kier molecular flexibility index (Phi) is 5.01. The summed E-state index contributed by atoms with van der Waals surface area (Å²) in [6, 6.07) is 9.85. The molecule has 3 heterocycles. The molecule has 1 fully saturated rings. The molecule has 1 saturated carbocycles. The fourth-order valence-electron chi connectivity index (χ4n) is 4.73. The highest BCUT2D eigenvalue weighted by Gasteiger charge is 2.48. The SMILES string of the molecule is Cc1ccc(C2C(C(=O)c3cc4cc(Br)ccc4o3)=C(O)C(=O)N2C2CCCCC2)o1. The second-order valence-electron chi connectivity index (χ2n) is 8.24. The van der Waals surface area contributed by atoms with Crippen molar-refractivity contribution in [3.8, 4) is 0 Å². The van der Waals surface area contributed by atoms with Crippen molar-refractivity contribution in [2.45, 2.75) is 51.1 Å². The number of hydrogen-bond acceptors (Lipinski definition) is 5. The number of aliphatic hydroxyl groups is 1. The smallest absolute Gasteiger partial charge is 0.290 e. The van der Waals surface area contributed by atoms with Crippen LogP contribution in [0.2, 0.25) is 0 Å². The van der Waals surface area contributed by atoms with E-state index in [0.29, 0.717) is 17.1 Å². The first-order valence-corrected chi connectivity index (χ1v) is 11.3. The molecule has 7 heteroatoms. The molecule has 6 nitrogen and oxygen atoms in total. The summed E-state index contributed by atoms with van der Waals surface area (Å²) in [5.74, 6) is -0.304. The molecule has 0 bridgehead atoms. The summed E-state index contributed by atoms with van der Waals surface area (Å²) in [7, 11) is 0. The normalized spacial score (nSPS) is 20.3. The molecule has 2 aromatic heterocycles. The third-order valence-corrected chi connectivity index (χ3v) is 6.68. The fourth-order valence-corrected chi connectivity index (χ4v) is 5.11. The van der Waals surface area contributed by atoms with Crippen LogP contribution in [0.5, 0.6) is 0 Å². The number of furan rings is 2. The summed E-state index contributed by atoms with van der Waals surface area (Å²) in [5.41, 5.74) is 0.577. The number of hydrogen-bond donors (Lipinski definition) is 1. The molecule has 0 spiro atoms. The molecule has 2 aliphatic rings. The quantitative estimate of drug-likeness (QED) is 0.459. The van der Waals surface area contributed by atoms with Gasteiger partial charge in [-0.3, -0.25) is 9.59 Å². The average Bonchev–Trinajstić information content (AvgIpc) is 3.44. The van der Waals surface area contributed by atoms with Crippen molar-refractivity contribution in [3.63, 3.8) is 0 Å². The highest BCUT2D eigenvalue weighted by Crippen LogP contribution is 2.43. The summed E-state index contributed by atoms with van der Waals surface area (Å²) in [6.45, 7) is 1.81. The van der Waals surface area contributed by atoms with Gasteiger partial charge in [0.05, 0.1) is 5.57 Å². The Bertz CT molecular complexity index is 1210. The number of rotatable bonds is 4. The van der Waals surface area contributed by atoms with E-state index in [-0.39, 0.29) is 17.4 Å². The zero-order valence-corrected chi connectivity index (χ0v) is 18.6. The summed E-state index contributed by atoms with van der Waals surface area (Å²) in [5, 5.41) is 11.6. The second-order valence-corrected chi connectivity index (χ2v) is 9.16. The molecule has 160 valence electrons. The molecule has 1 N–H and O–H groups in total.